The zero-order chi connectivity index (χ0) is 28.1. The number of pyridine rings is 1. The number of halogens is 1. The lowest BCUT2D eigenvalue weighted by atomic mass is 9.61. The highest BCUT2D eigenvalue weighted by molar-refractivity contribution is 9.10. The largest absolute Gasteiger partial charge is 0.494 e. The van der Waals surface area contributed by atoms with Crippen LogP contribution in [-0.2, 0) is 25.2 Å². The number of hydrogen-bond donors (Lipinski definition) is 0. The summed E-state index contributed by atoms with van der Waals surface area (Å²) in [7, 11) is -1.17. The fourth-order valence-electron chi connectivity index (χ4n) is 4.52. The molecule has 4 rings (SSSR count). The maximum absolute atomic E-state index is 6.63. The van der Waals surface area contributed by atoms with Gasteiger partial charge in [0.05, 0.1) is 28.1 Å². The van der Waals surface area contributed by atoms with Gasteiger partial charge in [-0.2, -0.15) is 0 Å². The van der Waals surface area contributed by atoms with E-state index in [2.05, 4.69) is 108 Å². The van der Waals surface area contributed by atoms with Gasteiger partial charge in [0.25, 0.3) is 0 Å². The predicted octanol–water partition coefficient (Wildman–Crippen LogP) is 7.16. The maximum Gasteiger partial charge on any atom is 0.494 e. The van der Waals surface area contributed by atoms with Crippen molar-refractivity contribution < 1.29 is 23.4 Å². The molecular weight excluding hydrogens is 544 g/mol. The summed E-state index contributed by atoms with van der Waals surface area (Å²) in [6, 6.07) is 10.1. The van der Waals surface area contributed by atoms with Crippen molar-refractivity contribution in [3.63, 3.8) is 0 Å². The van der Waals surface area contributed by atoms with Gasteiger partial charge in [0.15, 0.2) is 0 Å². The Hall–Kier alpha value is -1.64. The van der Waals surface area contributed by atoms with Crippen molar-refractivity contribution in [1.82, 2.24) is 4.98 Å². The molecule has 0 radical (unpaired) electrons. The number of benzene rings is 1. The average Bonchev–Trinajstić information content (AvgIpc) is 3.16. The summed E-state index contributed by atoms with van der Waals surface area (Å²) in [4.78, 5) is 4.48. The van der Waals surface area contributed by atoms with E-state index in [9.17, 15) is 0 Å². The van der Waals surface area contributed by atoms with Crippen molar-refractivity contribution in [2.45, 2.75) is 105 Å². The van der Waals surface area contributed by atoms with Crippen LogP contribution in [0.3, 0.4) is 0 Å². The predicted molar refractivity (Wildman–Crippen MR) is 157 cm³/mol. The average molecular weight is 584 g/mol. The summed E-state index contributed by atoms with van der Waals surface area (Å²) in [6.45, 7) is 21.0. The summed E-state index contributed by atoms with van der Waals surface area (Å²) in [5, 5.41) is 0. The molecule has 2 fully saturated rings. The van der Waals surface area contributed by atoms with Gasteiger partial charge >= 0.3 is 14.2 Å². The molecule has 1 aromatic heterocycles. The molecule has 0 aliphatic carbocycles. The Bertz CT molecular complexity index is 1200. The van der Waals surface area contributed by atoms with Crippen LogP contribution in [0.25, 0.3) is 5.47 Å². The topological polar surface area (TPSA) is 59.0 Å². The quantitative estimate of drug-likeness (QED) is 0.322. The standard InChI is InChI=1S/C29H40B2BrNO5/c1-11-21(30-35-26(3,4)27(5,6)36-30)25(31-37-28(7,8)29(9,10)38-31)20-15-14-19(2)17-24(20)34-18-23-22(32)13-12-16-33-23/h12-17H,11,18H2,1-10H3/b25-21-. The molecule has 2 aromatic rings. The first-order valence-electron chi connectivity index (χ1n) is 13.4. The zero-order valence-electron chi connectivity index (χ0n) is 24.4. The third kappa shape index (κ3) is 5.50. The van der Waals surface area contributed by atoms with Crippen LogP contribution < -0.4 is 4.74 Å². The van der Waals surface area contributed by atoms with Gasteiger partial charge in [0, 0.05) is 16.2 Å². The third-order valence-electron chi connectivity index (χ3n) is 8.38. The Morgan fingerprint density at radius 2 is 1.42 bits per heavy atom. The second-order valence-corrected chi connectivity index (χ2v) is 13.0. The molecule has 2 saturated heterocycles. The first-order chi connectivity index (χ1) is 17.6. The molecule has 0 amide bonds. The number of allylic oxidation sites excluding steroid dienone is 1. The van der Waals surface area contributed by atoms with Crippen molar-refractivity contribution in [2.24, 2.45) is 0 Å². The van der Waals surface area contributed by atoms with Gasteiger partial charge in [-0.3, -0.25) is 4.98 Å². The van der Waals surface area contributed by atoms with E-state index in [1.54, 1.807) is 6.20 Å². The maximum atomic E-state index is 6.63. The lowest BCUT2D eigenvalue weighted by molar-refractivity contribution is 0.00578. The van der Waals surface area contributed by atoms with Crippen molar-refractivity contribution in [3.8, 4) is 5.75 Å². The third-order valence-corrected chi connectivity index (χ3v) is 9.10. The summed E-state index contributed by atoms with van der Waals surface area (Å²) in [5.41, 5.74) is 2.70. The molecule has 204 valence electrons. The molecule has 3 heterocycles. The zero-order valence-corrected chi connectivity index (χ0v) is 26.0. The molecule has 38 heavy (non-hydrogen) atoms. The number of aryl methyl sites for hydroxylation is 1. The molecule has 2 aliphatic heterocycles. The van der Waals surface area contributed by atoms with E-state index in [0.29, 0.717) is 13.0 Å². The minimum atomic E-state index is -0.624. The second-order valence-electron chi connectivity index (χ2n) is 12.2. The lowest BCUT2D eigenvalue weighted by Gasteiger charge is -2.32. The van der Waals surface area contributed by atoms with Gasteiger partial charge in [-0.15, -0.1) is 0 Å². The number of rotatable bonds is 7. The summed E-state index contributed by atoms with van der Waals surface area (Å²) in [5.74, 6) is 0.731. The van der Waals surface area contributed by atoms with Gasteiger partial charge in [0.1, 0.15) is 12.4 Å². The molecule has 0 spiro atoms. The molecule has 9 heteroatoms. The van der Waals surface area contributed by atoms with Crippen LogP contribution in [0.4, 0.5) is 0 Å². The molecule has 0 N–H and O–H groups in total. The Balaban J connectivity index is 1.85. The van der Waals surface area contributed by atoms with Gasteiger partial charge < -0.3 is 23.4 Å². The summed E-state index contributed by atoms with van der Waals surface area (Å²) < 4.78 is 33.7. The molecule has 6 nitrogen and oxygen atoms in total. The minimum Gasteiger partial charge on any atom is -0.487 e. The molecule has 1 aromatic carbocycles. The Labute approximate surface area is 237 Å². The van der Waals surface area contributed by atoms with Crippen LogP contribution in [0, 0.1) is 6.92 Å². The SMILES string of the molecule is CC/C(B1OC(C)(C)C(C)(C)O1)=C(/B1OC(C)(C)C(C)(C)O1)c1ccc(C)cc1OCc1ncccc1Br. The molecule has 2 aliphatic rings. The highest BCUT2D eigenvalue weighted by Gasteiger charge is 2.57. The van der Waals surface area contributed by atoms with Crippen molar-refractivity contribution in [2.75, 3.05) is 0 Å². The van der Waals surface area contributed by atoms with E-state index in [1.165, 1.54) is 0 Å². The Morgan fingerprint density at radius 1 is 0.868 bits per heavy atom. The van der Waals surface area contributed by atoms with Crippen molar-refractivity contribution in [1.29, 1.82) is 0 Å². The van der Waals surface area contributed by atoms with E-state index in [1.807, 2.05) is 12.1 Å². The van der Waals surface area contributed by atoms with Crippen LogP contribution in [0.15, 0.2) is 46.5 Å². The van der Waals surface area contributed by atoms with Gasteiger partial charge in [-0.05, 0) is 119 Å². The van der Waals surface area contributed by atoms with Crippen molar-refractivity contribution >= 4 is 35.6 Å². The Morgan fingerprint density at radius 3 is 1.95 bits per heavy atom. The number of ether oxygens (including phenoxy) is 1. The van der Waals surface area contributed by atoms with Crippen LogP contribution >= 0.6 is 15.9 Å². The monoisotopic (exact) mass is 583 g/mol. The van der Waals surface area contributed by atoms with E-state index in [-0.39, 0.29) is 0 Å². The van der Waals surface area contributed by atoms with Gasteiger partial charge in [-0.1, -0.05) is 19.1 Å². The van der Waals surface area contributed by atoms with Gasteiger partial charge in [-0.25, -0.2) is 0 Å². The fourth-order valence-corrected chi connectivity index (χ4v) is 4.89. The van der Waals surface area contributed by atoms with Crippen LogP contribution in [-0.4, -0.2) is 41.6 Å². The van der Waals surface area contributed by atoms with Crippen molar-refractivity contribution in [3.05, 3.63) is 63.3 Å². The molecule has 0 saturated carbocycles. The van der Waals surface area contributed by atoms with E-state index >= 15 is 0 Å². The molecular formula is C29H40B2BrNO5. The van der Waals surface area contributed by atoms with Crippen LogP contribution in [0.1, 0.15) is 85.6 Å². The van der Waals surface area contributed by atoms with E-state index in [4.69, 9.17) is 23.4 Å². The molecule has 0 unspecified atom stereocenters. The van der Waals surface area contributed by atoms with Crippen LogP contribution in [0.5, 0.6) is 5.75 Å². The Kier molecular flexibility index (Phi) is 8.03. The first-order valence-corrected chi connectivity index (χ1v) is 14.2. The fraction of sp³-hybridized carbons (Fsp3) is 0.552. The smallest absolute Gasteiger partial charge is 0.487 e. The lowest BCUT2D eigenvalue weighted by Crippen LogP contribution is -2.41. The normalized spacial score (nSPS) is 22.0. The van der Waals surface area contributed by atoms with Crippen LogP contribution in [0.2, 0.25) is 0 Å². The second kappa shape index (κ2) is 10.4. The minimum absolute atomic E-state index is 0.312. The van der Waals surface area contributed by atoms with E-state index in [0.717, 1.165) is 38.0 Å². The number of nitrogens with zero attached hydrogens (tertiary/aromatic N) is 1. The molecule has 0 bridgehead atoms. The molecule has 0 atom stereocenters. The summed E-state index contributed by atoms with van der Waals surface area (Å²) in [6.07, 6.45) is 2.46. The number of aromatic nitrogens is 1. The van der Waals surface area contributed by atoms with Gasteiger partial charge in [0.2, 0.25) is 0 Å². The first kappa shape index (κ1) is 29.3. The highest BCUT2D eigenvalue weighted by atomic mass is 79.9. The van der Waals surface area contributed by atoms with E-state index < -0.39 is 36.6 Å². The number of hydrogen-bond acceptors (Lipinski definition) is 6. The highest BCUT2D eigenvalue weighted by Crippen LogP contribution is 2.46. The summed E-state index contributed by atoms with van der Waals surface area (Å²) >= 11 is 3.59.